The summed E-state index contributed by atoms with van der Waals surface area (Å²) >= 11 is 0. The molecule has 2 heteroatoms. The van der Waals surface area contributed by atoms with E-state index in [0.717, 1.165) is 18.5 Å². The average molecular weight is 112 g/mol. The van der Waals surface area contributed by atoms with Crippen molar-refractivity contribution in [3.05, 3.63) is 0 Å². The molecule has 0 radical (unpaired) electrons. The van der Waals surface area contributed by atoms with Gasteiger partial charge in [-0.3, -0.25) is 5.84 Å². The van der Waals surface area contributed by atoms with Crippen LogP contribution in [0.4, 0.5) is 0 Å². The predicted molar refractivity (Wildman–Crippen MR) is 32.0 cm³/mol. The molecule has 2 rings (SSSR count). The van der Waals surface area contributed by atoms with E-state index < -0.39 is 0 Å². The van der Waals surface area contributed by atoms with Crippen molar-refractivity contribution in [1.82, 2.24) is 5.01 Å². The maximum Gasteiger partial charge on any atom is 0.0270 e. The van der Waals surface area contributed by atoms with Crippen molar-refractivity contribution in [2.24, 2.45) is 11.8 Å². The van der Waals surface area contributed by atoms with Gasteiger partial charge in [-0.15, -0.1) is 0 Å². The Labute approximate surface area is 49.6 Å². The molecular formula is C6H12N2. The molecule has 0 spiro atoms. The SMILES string of the molecule is NN1CCC2CCC21. The zero-order chi connectivity index (χ0) is 5.56. The number of fused-ring (bicyclic) bond motifs is 1. The second-order valence-corrected chi connectivity index (χ2v) is 2.93. The summed E-state index contributed by atoms with van der Waals surface area (Å²) in [6, 6.07) is 0.773. The highest BCUT2D eigenvalue weighted by molar-refractivity contribution is 4.92. The van der Waals surface area contributed by atoms with Crippen LogP contribution in [0.1, 0.15) is 19.3 Å². The molecule has 0 aromatic rings. The molecule has 2 atom stereocenters. The molecule has 46 valence electrons. The Morgan fingerprint density at radius 2 is 2.12 bits per heavy atom. The van der Waals surface area contributed by atoms with Gasteiger partial charge in [0.25, 0.3) is 0 Å². The summed E-state index contributed by atoms with van der Waals surface area (Å²) < 4.78 is 0. The van der Waals surface area contributed by atoms with Gasteiger partial charge in [0.2, 0.25) is 0 Å². The van der Waals surface area contributed by atoms with Crippen LogP contribution in [0.15, 0.2) is 0 Å². The van der Waals surface area contributed by atoms with Crippen molar-refractivity contribution in [3.8, 4) is 0 Å². The predicted octanol–water partition coefficient (Wildman–Crippen LogP) is 0.344. The Kier molecular flexibility index (Phi) is 0.866. The molecule has 2 fully saturated rings. The van der Waals surface area contributed by atoms with Gasteiger partial charge in [0, 0.05) is 12.6 Å². The summed E-state index contributed by atoms with van der Waals surface area (Å²) in [5.41, 5.74) is 0. The molecule has 1 aliphatic heterocycles. The second-order valence-electron chi connectivity index (χ2n) is 2.93. The maximum absolute atomic E-state index is 5.65. The molecule has 0 amide bonds. The molecule has 1 saturated heterocycles. The Hall–Kier alpha value is -0.0800. The van der Waals surface area contributed by atoms with Crippen LogP contribution in [0.3, 0.4) is 0 Å². The standard InChI is InChI=1S/C6H12N2/c7-8-4-3-5-1-2-6(5)8/h5-6H,1-4,7H2. The first-order chi connectivity index (χ1) is 3.88. The van der Waals surface area contributed by atoms with Gasteiger partial charge in [-0.2, -0.15) is 0 Å². The summed E-state index contributed by atoms with van der Waals surface area (Å²) in [4.78, 5) is 0. The van der Waals surface area contributed by atoms with Crippen LogP contribution in [-0.2, 0) is 0 Å². The molecule has 1 heterocycles. The Balaban J connectivity index is 2.05. The minimum atomic E-state index is 0.773. The smallest absolute Gasteiger partial charge is 0.0270 e. The van der Waals surface area contributed by atoms with Crippen molar-refractivity contribution in [2.75, 3.05) is 6.54 Å². The van der Waals surface area contributed by atoms with Crippen molar-refractivity contribution in [1.29, 1.82) is 0 Å². The van der Waals surface area contributed by atoms with Gasteiger partial charge in [0.1, 0.15) is 0 Å². The van der Waals surface area contributed by atoms with E-state index in [1.165, 1.54) is 19.3 Å². The quantitative estimate of drug-likeness (QED) is 0.458. The molecule has 0 aromatic heterocycles. The number of nitrogens with zero attached hydrogens (tertiary/aromatic N) is 1. The number of hydrazine groups is 1. The molecule has 2 N–H and O–H groups in total. The van der Waals surface area contributed by atoms with Crippen molar-refractivity contribution < 1.29 is 0 Å². The molecule has 2 unspecified atom stereocenters. The van der Waals surface area contributed by atoms with Crippen LogP contribution in [0.2, 0.25) is 0 Å². The zero-order valence-electron chi connectivity index (χ0n) is 5.01. The summed E-state index contributed by atoms with van der Waals surface area (Å²) in [6.07, 6.45) is 4.13. The van der Waals surface area contributed by atoms with E-state index in [1.807, 2.05) is 5.01 Å². The Morgan fingerprint density at radius 3 is 2.38 bits per heavy atom. The van der Waals surface area contributed by atoms with Gasteiger partial charge in [0.05, 0.1) is 0 Å². The normalized spacial score (nSPS) is 46.1. The minimum Gasteiger partial charge on any atom is -0.269 e. The third kappa shape index (κ3) is 0.446. The first-order valence-electron chi connectivity index (χ1n) is 3.39. The van der Waals surface area contributed by atoms with Gasteiger partial charge in [0.15, 0.2) is 0 Å². The molecular weight excluding hydrogens is 100 g/mol. The lowest BCUT2D eigenvalue weighted by molar-refractivity contribution is 0.145. The average Bonchev–Trinajstić information content (AvgIpc) is 1.80. The van der Waals surface area contributed by atoms with Gasteiger partial charge < -0.3 is 0 Å². The molecule has 2 nitrogen and oxygen atoms in total. The molecule has 8 heavy (non-hydrogen) atoms. The van der Waals surface area contributed by atoms with E-state index in [4.69, 9.17) is 5.84 Å². The van der Waals surface area contributed by atoms with E-state index in [2.05, 4.69) is 0 Å². The van der Waals surface area contributed by atoms with Crippen LogP contribution in [0.5, 0.6) is 0 Å². The molecule has 2 aliphatic rings. The highest BCUT2D eigenvalue weighted by Gasteiger charge is 2.38. The highest BCUT2D eigenvalue weighted by atomic mass is 15.4. The maximum atomic E-state index is 5.65. The van der Waals surface area contributed by atoms with Crippen molar-refractivity contribution in [2.45, 2.75) is 25.3 Å². The summed E-state index contributed by atoms with van der Waals surface area (Å²) in [5.74, 6) is 6.63. The molecule has 1 aliphatic carbocycles. The van der Waals surface area contributed by atoms with Gasteiger partial charge in [-0.25, -0.2) is 5.01 Å². The fourth-order valence-corrected chi connectivity index (χ4v) is 1.81. The van der Waals surface area contributed by atoms with Crippen LogP contribution in [-0.4, -0.2) is 17.6 Å². The van der Waals surface area contributed by atoms with Crippen LogP contribution in [0.25, 0.3) is 0 Å². The molecule has 0 aromatic carbocycles. The van der Waals surface area contributed by atoms with Crippen molar-refractivity contribution >= 4 is 0 Å². The molecule has 1 saturated carbocycles. The fraction of sp³-hybridized carbons (Fsp3) is 1.00. The number of hydrogen-bond donors (Lipinski definition) is 1. The van der Waals surface area contributed by atoms with E-state index in [9.17, 15) is 0 Å². The molecule has 0 bridgehead atoms. The largest absolute Gasteiger partial charge is 0.269 e. The number of hydrogen-bond acceptors (Lipinski definition) is 2. The lowest BCUT2D eigenvalue weighted by atomic mass is 9.81. The summed E-state index contributed by atoms with van der Waals surface area (Å²) in [6.45, 7) is 1.13. The van der Waals surface area contributed by atoms with Crippen LogP contribution < -0.4 is 5.84 Å². The first kappa shape index (κ1) is 4.77. The lowest BCUT2D eigenvalue weighted by Gasteiger charge is -2.33. The van der Waals surface area contributed by atoms with Gasteiger partial charge >= 0.3 is 0 Å². The van der Waals surface area contributed by atoms with Crippen LogP contribution in [0, 0.1) is 5.92 Å². The van der Waals surface area contributed by atoms with E-state index in [0.29, 0.717) is 0 Å². The monoisotopic (exact) mass is 112 g/mol. The summed E-state index contributed by atoms with van der Waals surface area (Å²) in [7, 11) is 0. The third-order valence-electron chi connectivity index (χ3n) is 2.56. The van der Waals surface area contributed by atoms with Gasteiger partial charge in [-0.1, -0.05) is 0 Å². The Morgan fingerprint density at radius 1 is 1.25 bits per heavy atom. The van der Waals surface area contributed by atoms with Gasteiger partial charge in [-0.05, 0) is 25.2 Å². The zero-order valence-corrected chi connectivity index (χ0v) is 5.01. The Bertz CT molecular complexity index is 96.7. The topological polar surface area (TPSA) is 29.3 Å². The van der Waals surface area contributed by atoms with Crippen molar-refractivity contribution in [3.63, 3.8) is 0 Å². The lowest BCUT2D eigenvalue weighted by Crippen LogP contribution is -2.43. The van der Waals surface area contributed by atoms with Crippen LogP contribution >= 0.6 is 0 Å². The minimum absolute atomic E-state index is 0.773. The first-order valence-corrected chi connectivity index (χ1v) is 3.39. The number of nitrogens with two attached hydrogens (primary N) is 1. The summed E-state index contributed by atoms with van der Waals surface area (Å²) in [5, 5.41) is 2.01. The number of rotatable bonds is 0. The fourth-order valence-electron chi connectivity index (χ4n) is 1.81. The second kappa shape index (κ2) is 1.45. The van der Waals surface area contributed by atoms with E-state index in [1.54, 1.807) is 0 Å². The van der Waals surface area contributed by atoms with E-state index >= 15 is 0 Å². The van der Waals surface area contributed by atoms with E-state index in [-0.39, 0.29) is 0 Å². The third-order valence-corrected chi connectivity index (χ3v) is 2.56. The highest BCUT2D eigenvalue weighted by Crippen LogP contribution is 2.37.